The van der Waals surface area contributed by atoms with Crippen molar-refractivity contribution >= 4 is 17.5 Å². The maximum atomic E-state index is 15.7. The van der Waals surface area contributed by atoms with Gasteiger partial charge in [0.2, 0.25) is 5.91 Å². The Kier molecular flexibility index (Phi) is 7.22. The van der Waals surface area contributed by atoms with Gasteiger partial charge in [0.1, 0.15) is 5.82 Å². The molecular formula is C32H30FN3O2. The van der Waals surface area contributed by atoms with Crippen molar-refractivity contribution in [1.29, 1.82) is 0 Å². The lowest BCUT2D eigenvalue weighted by atomic mass is 9.95. The third-order valence-electron chi connectivity index (χ3n) is 7.13. The third-order valence-corrected chi connectivity index (χ3v) is 7.13. The molecule has 0 spiro atoms. The van der Waals surface area contributed by atoms with Gasteiger partial charge in [-0.1, -0.05) is 66.7 Å². The first-order chi connectivity index (χ1) is 18.4. The fraction of sp³-hybridized carbons (Fsp3) is 0.188. The van der Waals surface area contributed by atoms with E-state index >= 15 is 4.39 Å². The van der Waals surface area contributed by atoms with Crippen LogP contribution in [-0.2, 0) is 13.0 Å². The highest BCUT2D eigenvalue weighted by Crippen LogP contribution is 2.33. The molecule has 1 aliphatic rings. The summed E-state index contributed by atoms with van der Waals surface area (Å²) >= 11 is 0. The zero-order valence-electron chi connectivity index (χ0n) is 21.3. The van der Waals surface area contributed by atoms with Gasteiger partial charge in [-0.3, -0.25) is 9.59 Å². The summed E-state index contributed by atoms with van der Waals surface area (Å²) in [5.41, 5.74) is 10.9. The molecule has 5 nitrogen and oxygen atoms in total. The van der Waals surface area contributed by atoms with E-state index in [2.05, 4.69) is 10.2 Å². The second-order valence-electron chi connectivity index (χ2n) is 9.66. The predicted octanol–water partition coefficient (Wildman–Crippen LogP) is 6.04. The van der Waals surface area contributed by atoms with E-state index in [0.29, 0.717) is 34.4 Å². The van der Waals surface area contributed by atoms with Crippen molar-refractivity contribution in [3.63, 3.8) is 0 Å². The van der Waals surface area contributed by atoms with E-state index in [1.807, 2.05) is 55.5 Å². The number of fused-ring (bicyclic) bond motifs is 1. The zero-order valence-corrected chi connectivity index (χ0v) is 21.3. The molecule has 1 unspecified atom stereocenters. The molecule has 1 aliphatic heterocycles. The number of nitrogens with two attached hydrogens (primary N) is 1. The van der Waals surface area contributed by atoms with Gasteiger partial charge in [0.05, 0.1) is 6.04 Å². The van der Waals surface area contributed by atoms with Crippen LogP contribution in [0.3, 0.4) is 0 Å². The van der Waals surface area contributed by atoms with E-state index in [0.717, 1.165) is 36.2 Å². The number of hydrogen-bond donors (Lipinski definition) is 2. The molecule has 5 rings (SSSR count). The average Bonchev–Trinajstić information content (AvgIpc) is 2.94. The van der Waals surface area contributed by atoms with Crippen LogP contribution in [0.1, 0.15) is 56.8 Å². The van der Waals surface area contributed by atoms with Crippen molar-refractivity contribution in [3.05, 3.63) is 125 Å². The van der Waals surface area contributed by atoms with E-state index in [1.54, 1.807) is 42.5 Å². The first-order valence-corrected chi connectivity index (χ1v) is 12.8. The van der Waals surface area contributed by atoms with Gasteiger partial charge >= 0.3 is 0 Å². The summed E-state index contributed by atoms with van der Waals surface area (Å²) in [6.07, 6.45) is 1.76. The Morgan fingerprint density at radius 1 is 0.947 bits per heavy atom. The van der Waals surface area contributed by atoms with E-state index in [1.165, 1.54) is 0 Å². The maximum absolute atomic E-state index is 15.7. The number of halogens is 1. The van der Waals surface area contributed by atoms with Crippen molar-refractivity contribution < 1.29 is 14.0 Å². The molecule has 4 aromatic rings. The summed E-state index contributed by atoms with van der Waals surface area (Å²) in [4.78, 5) is 27.0. The molecule has 1 heterocycles. The summed E-state index contributed by atoms with van der Waals surface area (Å²) in [5, 5.41) is 3.08. The molecule has 38 heavy (non-hydrogen) atoms. The van der Waals surface area contributed by atoms with E-state index in [-0.39, 0.29) is 17.8 Å². The van der Waals surface area contributed by atoms with Crippen LogP contribution < -0.4 is 16.0 Å². The van der Waals surface area contributed by atoms with Crippen molar-refractivity contribution in [3.8, 4) is 11.1 Å². The maximum Gasteiger partial charge on any atom is 0.251 e. The molecule has 0 fully saturated rings. The Morgan fingerprint density at radius 3 is 2.47 bits per heavy atom. The first kappa shape index (κ1) is 25.2. The molecule has 3 N–H and O–H groups in total. The number of carbonyl (C=O) groups is 2. The van der Waals surface area contributed by atoms with Gasteiger partial charge < -0.3 is 16.0 Å². The van der Waals surface area contributed by atoms with Crippen molar-refractivity contribution in [1.82, 2.24) is 5.32 Å². The summed E-state index contributed by atoms with van der Waals surface area (Å²) in [6.45, 7) is 3.13. The minimum Gasteiger partial charge on any atom is -0.367 e. The lowest BCUT2D eigenvalue weighted by Crippen LogP contribution is -2.30. The number of aryl methyl sites for hydroxylation is 1. The van der Waals surface area contributed by atoms with E-state index < -0.39 is 5.91 Å². The van der Waals surface area contributed by atoms with Crippen molar-refractivity contribution in [2.75, 3.05) is 11.4 Å². The topological polar surface area (TPSA) is 75.4 Å². The lowest BCUT2D eigenvalue weighted by Gasteiger charge is -2.32. The normalized spacial score (nSPS) is 13.5. The number of anilines is 1. The highest BCUT2D eigenvalue weighted by molar-refractivity contribution is 6.00. The van der Waals surface area contributed by atoms with Crippen LogP contribution in [0.5, 0.6) is 0 Å². The van der Waals surface area contributed by atoms with Gasteiger partial charge in [0.15, 0.2) is 0 Å². The number of hydrogen-bond acceptors (Lipinski definition) is 3. The molecule has 0 aromatic heterocycles. The molecule has 0 saturated heterocycles. The Labute approximate surface area is 222 Å². The molecule has 2 amide bonds. The van der Waals surface area contributed by atoms with Crippen LogP contribution in [0.15, 0.2) is 91.0 Å². The largest absolute Gasteiger partial charge is 0.367 e. The quantitative estimate of drug-likeness (QED) is 0.320. The molecule has 4 aromatic carbocycles. The first-order valence-electron chi connectivity index (χ1n) is 12.8. The molecule has 0 radical (unpaired) electrons. The second-order valence-corrected chi connectivity index (χ2v) is 9.66. The summed E-state index contributed by atoms with van der Waals surface area (Å²) in [5.74, 6) is -1.07. The minimum absolute atomic E-state index is 0.105. The monoisotopic (exact) mass is 507 g/mol. The highest BCUT2D eigenvalue weighted by atomic mass is 19.1. The molecular weight excluding hydrogens is 477 g/mol. The number of nitrogens with zero attached hydrogens (tertiary/aromatic N) is 1. The number of nitrogens with one attached hydrogen (secondary N) is 1. The fourth-order valence-corrected chi connectivity index (χ4v) is 5.13. The van der Waals surface area contributed by atoms with Crippen LogP contribution in [0.4, 0.5) is 10.1 Å². The molecule has 192 valence electrons. The predicted molar refractivity (Wildman–Crippen MR) is 148 cm³/mol. The number of benzene rings is 4. The Bertz CT molecular complexity index is 1490. The smallest absolute Gasteiger partial charge is 0.251 e. The number of amides is 2. The van der Waals surface area contributed by atoms with Gasteiger partial charge in [-0.25, -0.2) is 4.39 Å². The van der Waals surface area contributed by atoms with Crippen LogP contribution >= 0.6 is 0 Å². The van der Waals surface area contributed by atoms with Gasteiger partial charge in [0, 0.05) is 41.0 Å². The SMILES string of the molecule is CC(NC(=O)c1ccc2c(c1)CCCN2Cc1cccc(-c2ccccc2C(N)=O)c1F)c1ccccc1. The minimum atomic E-state index is -0.589. The molecule has 6 heteroatoms. The van der Waals surface area contributed by atoms with Crippen LogP contribution in [0, 0.1) is 5.82 Å². The fourth-order valence-electron chi connectivity index (χ4n) is 5.13. The van der Waals surface area contributed by atoms with Crippen LogP contribution in [-0.4, -0.2) is 18.4 Å². The lowest BCUT2D eigenvalue weighted by molar-refractivity contribution is 0.0938. The third kappa shape index (κ3) is 5.16. The van der Waals surface area contributed by atoms with Gasteiger partial charge in [-0.05, 0) is 60.7 Å². The van der Waals surface area contributed by atoms with Gasteiger partial charge in [0.25, 0.3) is 5.91 Å². The summed E-state index contributed by atoms with van der Waals surface area (Å²) in [6, 6.07) is 27.6. The molecule has 0 aliphatic carbocycles. The zero-order chi connectivity index (χ0) is 26.6. The Hall–Kier alpha value is -4.45. The highest BCUT2D eigenvalue weighted by Gasteiger charge is 2.22. The molecule has 0 bridgehead atoms. The second kappa shape index (κ2) is 10.9. The average molecular weight is 508 g/mol. The Balaban J connectivity index is 1.37. The van der Waals surface area contributed by atoms with Crippen LogP contribution in [0.25, 0.3) is 11.1 Å². The molecule has 0 saturated carbocycles. The number of rotatable bonds is 7. The number of primary amides is 1. The van der Waals surface area contributed by atoms with Crippen LogP contribution in [0.2, 0.25) is 0 Å². The van der Waals surface area contributed by atoms with Crippen molar-refractivity contribution in [2.24, 2.45) is 5.73 Å². The van der Waals surface area contributed by atoms with Gasteiger partial charge in [-0.15, -0.1) is 0 Å². The summed E-state index contributed by atoms with van der Waals surface area (Å²) < 4.78 is 15.7. The van der Waals surface area contributed by atoms with E-state index in [4.69, 9.17) is 5.73 Å². The van der Waals surface area contributed by atoms with E-state index in [9.17, 15) is 9.59 Å². The number of carbonyl (C=O) groups excluding carboxylic acids is 2. The van der Waals surface area contributed by atoms with Crippen molar-refractivity contribution in [2.45, 2.75) is 32.4 Å². The van der Waals surface area contributed by atoms with Gasteiger partial charge in [-0.2, -0.15) is 0 Å². The standard InChI is InChI=1S/C32H30FN3O2/c1-21(22-9-3-2-4-10-22)35-32(38)24-16-17-29-23(19-24)12-8-18-36(29)20-25-11-7-15-27(30(25)33)26-13-5-6-14-28(26)31(34)37/h2-7,9-11,13-17,19,21H,8,12,18,20H2,1H3,(H2,34,37)(H,35,38). The Morgan fingerprint density at radius 2 is 1.68 bits per heavy atom. The summed E-state index contributed by atoms with van der Waals surface area (Å²) in [7, 11) is 0. The molecule has 1 atom stereocenters.